The SMILES string of the molecule is C[C@]12CC[C@@H](O)CC1[C@@H](O)C(O)C1C2CC[C@@]2(C)C1CC[C@@H]2O. The molecule has 10 atom stereocenters. The number of hydrogen-bond acceptors (Lipinski definition) is 4. The van der Waals surface area contributed by atoms with E-state index < -0.39 is 12.2 Å². The van der Waals surface area contributed by atoms with Crippen molar-refractivity contribution in [2.24, 2.45) is 34.5 Å². The largest absolute Gasteiger partial charge is 0.393 e. The molecule has 0 aromatic heterocycles. The zero-order chi connectivity index (χ0) is 16.6. The van der Waals surface area contributed by atoms with E-state index >= 15 is 0 Å². The molecule has 0 saturated heterocycles. The molecular formula is C19H32O4. The van der Waals surface area contributed by atoms with Crippen molar-refractivity contribution in [3.05, 3.63) is 0 Å². The summed E-state index contributed by atoms with van der Waals surface area (Å²) >= 11 is 0. The second kappa shape index (κ2) is 5.17. The third kappa shape index (κ3) is 2.04. The predicted octanol–water partition coefficient (Wildman–Crippen LogP) is 1.69. The molecule has 0 radical (unpaired) electrons. The summed E-state index contributed by atoms with van der Waals surface area (Å²) in [7, 11) is 0. The summed E-state index contributed by atoms with van der Waals surface area (Å²) in [5, 5.41) is 42.3. The van der Waals surface area contributed by atoms with Crippen LogP contribution in [0.25, 0.3) is 0 Å². The molecule has 4 heteroatoms. The van der Waals surface area contributed by atoms with Crippen LogP contribution >= 0.6 is 0 Å². The van der Waals surface area contributed by atoms with Gasteiger partial charge in [0.2, 0.25) is 0 Å². The summed E-state index contributed by atoms with van der Waals surface area (Å²) < 4.78 is 0. The van der Waals surface area contributed by atoms with Crippen LogP contribution in [-0.2, 0) is 0 Å². The first-order valence-corrected chi connectivity index (χ1v) is 9.51. The standard InChI is InChI=1S/C19H32O4/c1-18-7-5-10(20)9-13(18)16(22)17(23)15-11-3-4-14(21)19(11,2)8-6-12(15)18/h10-17,20-23H,3-9H2,1-2H3/t10-,11?,12?,13?,14+,15?,16-,17?,18-,19+/m1/s1. The molecule has 0 aromatic rings. The van der Waals surface area contributed by atoms with Gasteiger partial charge in [0.25, 0.3) is 0 Å². The van der Waals surface area contributed by atoms with Crippen molar-refractivity contribution in [1.29, 1.82) is 0 Å². The molecule has 0 bridgehead atoms. The molecule has 4 saturated carbocycles. The lowest BCUT2D eigenvalue weighted by Gasteiger charge is -2.63. The molecule has 0 spiro atoms. The van der Waals surface area contributed by atoms with E-state index in [0.717, 1.165) is 38.5 Å². The first kappa shape index (κ1) is 16.3. The molecule has 4 aliphatic rings. The fourth-order valence-electron chi connectivity index (χ4n) is 7.21. The highest BCUT2D eigenvalue weighted by atomic mass is 16.3. The van der Waals surface area contributed by atoms with Crippen molar-refractivity contribution >= 4 is 0 Å². The maximum absolute atomic E-state index is 10.9. The second-order valence-electron chi connectivity index (χ2n) is 9.45. The van der Waals surface area contributed by atoms with Crippen molar-refractivity contribution in [3.63, 3.8) is 0 Å². The molecule has 4 aliphatic carbocycles. The van der Waals surface area contributed by atoms with Gasteiger partial charge in [0, 0.05) is 0 Å². The normalized spacial score (nSPS) is 62.3. The lowest BCUT2D eigenvalue weighted by molar-refractivity contribution is -0.224. The van der Waals surface area contributed by atoms with Crippen molar-refractivity contribution in [2.75, 3.05) is 0 Å². The van der Waals surface area contributed by atoms with Gasteiger partial charge in [0.1, 0.15) is 0 Å². The fourth-order valence-corrected chi connectivity index (χ4v) is 7.21. The Balaban J connectivity index is 1.72. The Morgan fingerprint density at radius 1 is 0.696 bits per heavy atom. The van der Waals surface area contributed by atoms with Crippen LogP contribution in [0.4, 0.5) is 0 Å². The van der Waals surface area contributed by atoms with E-state index in [0.29, 0.717) is 18.3 Å². The molecule has 0 aliphatic heterocycles. The summed E-state index contributed by atoms with van der Waals surface area (Å²) in [5.74, 6) is 0.808. The number of aliphatic hydroxyl groups excluding tert-OH is 4. The zero-order valence-corrected chi connectivity index (χ0v) is 14.4. The van der Waals surface area contributed by atoms with Gasteiger partial charge < -0.3 is 20.4 Å². The van der Waals surface area contributed by atoms with Gasteiger partial charge in [-0.05, 0) is 79.4 Å². The smallest absolute Gasteiger partial charge is 0.0836 e. The Bertz CT molecular complexity index is 482. The van der Waals surface area contributed by atoms with Crippen LogP contribution in [0.3, 0.4) is 0 Å². The molecule has 4 rings (SSSR count). The molecular weight excluding hydrogens is 292 g/mol. The van der Waals surface area contributed by atoms with Crippen LogP contribution in [0.15, 0.2) is 0 Å². The van der Waals surface area contributed by atoms with Crippen LogP contribution in [0.2, 0.25) is 0 Å². The maximum atomic E-state index is 10.9. The molecule has 4 N–H and O–H groups in total. The highest BCUT2D eigenvalue weighted by Gasteiger charge is 2.64. The van der Waals surface area contributed by atoms with Gasteiger partial charge in [-0.25, -0.2) is 0 Å². The quantitative estimate of drug-likeness (QED) is 0.547. The van der Waals surface area contributed by atoms with Crippen molar-refractivity contribution in [1.82, 2.24) is 0 Å². The molecule has 4 fully saturated rings. The van der Waals surface area contributed by atoms with Gasteiger partial charge in [-0.3, -0.25) is 0 Å². The van der Waals surface area contributed by atoms with Gasteiger partial charge in [0.15, 0.2) is 0 Å². The number of rotatable bonds is 0. The van der Waals surface area contributed by atoms with Crippen LogP contribution in [0.1, 0.15) is 58.8 Å². The highest BCUT2D eigenvalue weighted by Crippen LogP contribution is 2.66. The second-order valence-corrected chi connectivity index (χ2v) is 9.45. The molecule has 4 nitrogen and oxygen atoms in total. The number of fused-ring (bicyclic) bond motifs is 5. The van der Waals surface area contributed by atoms with Crippen molar-refractivity contribution in [3.8, 4) is 0 Å². The Hall–Kier alpha value is -0.160. The van der Waals surface area contributed by atoms with Gasteiger partial charge in [-0.15, -0.1) is 0 Å². The van der Waals surface area contributed by atoms with Crippen LogP contribution in [0, 0.1) is 34.5 Å². The summed E-state index contributed by atoms with van der Waals surface area (Å²) in [6.07, 6.45) is 4.15. The Morgan fingerprint density at radius 3 is 2.09 bits per heavy atom. The van der Waals surface area contributed by atoms with Gasteiger partial charge >= 0.3 is 0 Å². The number of aliphatic hydroxyl groups is 4. The minimum absolute atomic E-state index is 0.00168. The Kier molecular flexibility index (Phi) is 3.67. The highest BCUT2D eigenvalue weighted by molar-refractivity contribution is 5.13. The maximum Gasteiger partial charge on any atom is 0.0836 e. The van der Waals surface area contributed by atoms with Crippen molar-refractivity contribution in [2.45, 2.75) is 83.2 Å². The summed E-state index contributed by atoms with van der Waals surface area (Å²) in [6.45, 7) is 4.47. The average Bonchev–Trinajstić information content (AvgIpc) is 2.82. The third-order valence-electron chi connectivity index (χ3n) is 8.68. The van der Waals surface area contributed by atoms with Crippen LogP contribution in [-0.4, -0.2) is 44.8 Å². The number of hydrogen-bond donors (Lipinski definition) is 4. The van der Waals surface area contributed by atoms with E-state index in [9.17, 15) is 20.4 Å². The summed E-state index contributed by atoms with van der Waals surface area (Å²) in [5.41, 5.74) is -0.0866. The van der Waals surface area contributed by atoms with E-state index in [1.165, 1.54) is 0 Å². The molecule has 23 heavy (non-hydrogen) atoms. The van der Waals surface area contributed by atoms with E-state index in [1.807, 2.05) is 0 Å². The molecule has 132 valence electrons. The zero-order valence-electron chi connectivity index (χ0n) is 14.4. The molecule has 0 amide bonds. The molecule has 0 heterocycles. The molecule has 0 aromatic carbocycles. The van der Waals surface area contributed by atoms with E-state index in [4.69, 9.17) is 0 Å². The minimum Gasteiger partial charge on any atom is -0.393 e. The van der Waals surface area contributed by atoms with E-state index in [-0.39, 0.29) is 34.9 Å². The van der Waals surface area contributed by atoms with E-state index in [2.05, 4.69) is 13.8 Å². The first-order chi connectivity index (χ1) is 10.8. The summed E-state index contributed by atoms with van der Waals surface area (Å²) in [6, 6.07) is 0. The molecule has 5 unspecified atom stereocenters. The van der Waals surface area contributed by atoms with Gasteiger partial charge in [0.05, 0.1) is 24.4 Å². The first-order valence-electron chi connectivity index (χ1n) is 9.51. The van der Waals surface area contributed by atoms with E-state index in [1.54, 1.807) is 0 Å². The van der Waals surface area contributed by atoms with Crippen LogP contribution < -0.4 is 0 Å². The fraction of sp³-hybridized carbons (Fsp3) is 1.00. The predicted molar refractivity (Wildman–Crippen MR) is 86.5 cm³/mol. The Morgan fingerprint density at radius 2 is 1.35 bits per heavy atom. The van der Waals surface area contributed by atoms with Crippen molar-refractivity contribution < 1.29 is 20.4 Å². The summed E-state index contributed by atoms with van der Waals surface area (Å²) in [4.78, 5) is 0. The topological polar surface area (TPSA) is 80.9 Å². The van der Waals surface area contributed by atoms with Gasteiger partial charge in [-0.1, -0.05) is 13.8 Å². The Labute approximate surface area is 138 Å². The van der Waals surface area contributed by atoms with Crippen LogP contribution in [0.5, 0.6) is 0 Å². The lowest BCUT2D eigenvalue weighted by Crippen LogP contribution is -2.64. The monoisotopic (exact) mass is 324 g/mol. The average molecular weight is 324 g/mol. The van der Waals surface area contributed by atoms with Gasteiger partial charge in [-0.2, -0.15) is 0 Å². The minimum atomic E-state index is -0.740. The third-order valence-corrected chi connectivity index (χ3v) is 8.68. The lowest BCUT2D eigenvalue weighted by atomic mass is 9.43.